The largest absolute Gasteiger partial charge is 0.330 e. The van der Waals surface area contributed by atoms with Crippen LogP contribution in [0.3, 0.4) is 0 Å². The molecule has 0 fully saturated rings. The Kier molecular flexibility index (Phi) is 3.71. The Hall–Kier alpha value is -1.35. The third-order valence-corrected chi connectivity index (χ3v) is 3.59. The first-order valence-corrected chi connectivity index (χ1v) is 6.62. The second-order valence-electron chi connectivity index (χ2n) is 5.82. The van der Waals surface area contributed by atoms with Gasteiger partial charge in [-0.15, -0.1) is 0 Å². The molecule has 98 valence electrons. The van der Waals surface area contributed by atoms with Crippen LogP contribution in [-0.4, -0.2) is 19.0 Å². The van der Waals surface area contributed by atoms with Crippen molar-refractivity contribution in [1.82, 2.24) is 0 Å². The van der Waals surface area contributed by atoms with Gasteiger partial charge in [0.25, 0.3) is 0 Å². The summed E-state index contributed by atoms with van der Waals surface area (Å²) in [5.74, 6) is 0.192. The van der Waals surface area contributed by atoms with E-state index in [1.807, 2.05) is 36.9 Å². The van der Waals surface area contributed by atoms with E-state index in [9.17, 15) is 4.79 Å². The van der Waals surface area contributed by atoms with Crippen molar-refractivity contribution in [2.24, 2.45) is 11.1 Å². The van der Waals surface area contributed by atoms with Gasteiger partial charge in [0, 0.05) is 18.7 Å². The van der Waals surface area contributed by atoms with Crippen molar-refractivity contribution in [2.75, 3.05) is 18.0 Å². The molecule has 0 unspecified atom stereocenters. The van der Waals surface area contributed by atoms with E-state index in [0.29, 0.717) is 13.0 Å². The molecular formula is C15H22N2O. The van der Waals surface area contributed by atoms with Gasteiger partial charge in [-0.2, -0.15) is 0 Å². The molecule has 0 aliphatic carbocycles. The molecule has 18 heavy (non-hydrogen) atoms. The van der Waals surface area contributed by atoms with E-state index in [-0.39, 0.29) is 11.3 Å². The minimum absolute atomic E-state index is 0.122. The summed E-state index contributed by atoms with van der Waals surface area (Å²) in [6.07, 6.45) is 2.63. The lowest BCUT2D eigenvalue weighted by atomic mass is 9.88. The number of fused-ring (bicyclic) bond motifs is 1. The quantitative estimate of drug-likeness (QED) is 0.889. The van der Waals surface area contributed by atoms with E-state index in [1.165, 1.54) is 5.56 Å². The lowest BCUT2D eigenvalue weighted by Gasteiger charge is -2.32. The number of rotatable bonds is 3. The number of benzene rings is 1. The number of para-hydroxylation sites is 1. The third kappa shape index (κ3) is 2.72. The number of nitrogens with two attached hydrogens (primary N) is 1. The van der Waals surface area contributed by atoms with E-state index in [2.05, 4.69) is 6.07 Å². The minimum Gasteiger partial charge on any atom is -0.330 e. The number of carbonyl (C=O) groups is 1. The smallest absolute Gasteiger partial charge is 0.227 e. The maximum absolute atomic E-state index is 12.4. The van der Waals surface area contributed by atoms with Crippen LogP contribution in [-0.2, 0) is 11.2 Å². The predicted octanol–water partition coefficient (Wildman–Crippen LogP) is 2.34. The molecule has 1 aliphatic rings. The molecule has 0 atom stereocenters. The van der Waals surface area contributed by atoms with Crippen molar-refractivity contribution < 1.29 is 4.79 Å². The van der Waals surface area contributed by atoms with Crippen molar-refractivity contribution in [3.8, 4) is 0 Å². The van der Waals surface area contributed by atoms with Crippen LogP contribution in [0.1, 0.15) is 32.3 Å². The highest BCUT2D eigenvalue weighted by Gasteiger charge is 2.27. The van der Waals surface area contributed by atoms with Gasteiger partial charge >= 0.3 is 0 Å². The lowest BCUT2D eigenvalue weighted by molar-refractivity contribution is -0.120. The summed E-state index contributed by atoms with van der Waals surface area (Å²) < 4.78 is 0. The Morgan fingerprint density at radius 1 is 1.39 bits per heavy atom. The molecule has 0 saturated heterocycles. The Morgan fingerprint density at radius 2 is 2.11 bits per heavy atom. The number of carbonyl (C=O) groups excluding carboxylic acids is 1. The second kappa shape index (κ2) is 5.11. The fraction of sp³-hybridized carbons (Fsp3) is 0.533. The van der Waals surface area contributed by atoms with Crippen LogP contribution < -0.4 is 10.6 Å². The fourth-order valence-corrected chi connectivity index (χ4v) is 2.37. The molecule has 1 aliphatic heterocycles. The maximum atomic E-state index is 12.4. The average molecular weight is 246 g/mol. The Balaban J connectivity index is 2.18. The monoisotopic (exact) mass is 246 g/mol. The number of anilines is 1. The van der Waals surface area contributed by atoms with E-state index < -0.39 is 0 Å². The van der Waals surface area contributed by atoms with Crippen molar-refractivity contribution >= 4 is 11.6 Å². The van der Waals surface area contributed by atoms with Gasteiger partial charge in [0.1, 0.15) is 0 Å². The SMILES string of the molecule is CC(C)(CN)CC(=O)N1CCCc2ccccc21. The molecule has 0 bridgehead atoms. The summed E-state index contributed by atoms with van der Waals surface area (Å²) in [7, 11) is 0. The highest BCUT2D eigenvalue weighted by atomic mass is 16.2. The normalized spacial score (nSPS) is 15.4. The van der Waals surface area contributed by atoms with Crippen LogP contribution in [0, 0.1) is 5.41 Å². The van der Waals surface area contributed by atoms with Crippen LogP contribution in [0.15, 0.2) is 24.3 Å². The van der Waals surface area contributed by atoms with E-state index >= 15 is 0 Å². The van der Waals surface area contributed by atoms with E-state index in [1.54, 1.807) is 0 Å². The highest BCUT2D eigenvalue weighted by molar-refractivity contribution is 5.94. The molecule has 0 spiro atoms. The molecule has 0 aromatic heterocycles. The van der Waals surface area contributed by atoms with Gasteiger partial charge in [0.15, 0.2) is 0 Å². The number of hydrogen-bond acceptors (Lipinski definition) is 2. The number of amides is 1. The molecular weight excluding hydrogens is 224 g/mol. The molecule has 1 heterocycles. The Bertz CT molecular complexity index is 440. The highest BCUT2D eigenvalue weighted by Crippen LogP contribution is 2.29. The topological polar surface area (TPSA) is 46.3 Å². The molecule has 0 saturated carbocycles. The van der Waals surface area contributed by atoms with Crippen LogP contribution in [0.4, 0.5) is 5.69 Å². The van der Waals surface area contributed by atoms with Gasteiger partial charge in [-0.3, -0.25) is 4.79 Å². The summed E-state index contributed by atoms with van der Waals surface area (Å²) in [5.41, 5.74) is 7.95. The van der Waals surface area contributed by atoms with Crippen molar-refractivity contribution in [2.45, 2.75) is 33.1 Å². The Labute approximate surface area is 109 Å². The lowest BCUT2D eigenvalue weighted by Crippen LogP contribution is -2.39. The molecule has 3 heteroatoms. The van der Waals surface area contributed by atoms with E-state index in [4.69, 9.17) is 5.73 Å². The summed E-state index contributed by atoms with van der Waals surface area (Å²) in [6.45, 7) is 5.45. The predicted molar refractivity (Wildman–Crippen MR) is 74.6 cm³/mol. The summed E-state index contributed by atoms with van der Waals surface area (Å²) in [6, 6.07) is 8.19. The standard InChI is InChI=1S/C15H22N2O/c1-15(2,11-16)10-14(18)17-9-5-7-12-6-3-4-8-13(12)17/h3-4,6,8H,5,7,9-11,16H2,1-2H3. The third-order valence-electron chi connectivity index (χ3n) is 3.59. The van der Waals surface area contributed by atoms with Gasteiger partial charge in [-0.1, -0.05) is 32.0 Å². The number of hydrogen-bond donors (Lipinski definition) is 1. The van der Waals surface area contributed by atoms with Gasteiger partial charge in [-0.05, 0) is 36.4 Å². The van der Waals surface area contributed by atoms with Gasteiger partial charge in [-0.25, -0.2) is 0 Å². The van der Waals surface area contributed by atoms with E-state index in [0.717, 1.165) is 25.1 Å². The van der Waals surface area contributed by atoms with Gasteiger partial charge in [0.2, 0.25) is 5.91 Å². The van der Waals surface area contributed by atoms with Crippen LogP contribution in [0.2, 0.25) is 0 Å². The average Bonchev–Trinajstić information content (AvgIpc) is 2.37. The first-order chi connectivity index (χ1) is 8.53. The molecule has 3 nitrogen and oxygen atoms in total. The van der Waals surface area contributed by atoms with Crippen molar-refractivity contribution in [3.05, 3.63) is 29.8 Å². The molecule has 1 aromatic carbocycles. The zero-order valence-corrected chi connectivity index (χ0v) is 11.3. The molecule has 0 radical (unpaired) electrons. The molecule has 1 amide bonds. The zero-order chi connectivity index (χ0) is 13.2. The molecule has 2 rings (SSSR count). The second-order valence-corrected chi connectivity index (χ2v) is 5.82. The number of nitrogens with zero attached hydrogens (tertiary/aromatic N) is 1. The number of aryl methyl sites for hydroxylation is 1. The first-order valence-electron chi connectivity index (χ1n) is 6.62. The summed E-state index contributed by atoms with van der Waals surface area (Å²) >= 11 is 0. The minimum atomic E-state index is -0.122. The molecule has 2 N–H and O–H groups in total. The first kappa shape index (κ1) is 13.1. The van der Waals surface area contributed by atoms with Crippen molar-refractivity contribution in [1.29, 1.82) is 0 Å². The van der Waals surface area contributed by atoms with Gasteiger partial charge < -0.3 is 10.6 Å². The van der Waals surface area contributed by atoms with Crippen LogP contribution in [0.5, 0.6) is 0 Å². The van der Waals surface area contributed by atoms with Crippen molar-refractivity contribution in [3.63, 3.8) is 0 Å². The van der Waals surface area contributed by atoms with Crippen LogP contribution in [0.25, 0.3) is 0 Å². The zero-order valence-electron chi connectivity index (χ0n) is 11.3. The fourth-order valence-electron chi connectivity index (χ4n) is 2.37. The van der Waals surface area contributed by atoms with Gasteiger partial charge in [0.05, 0.1) is 0 Å². The summed E-state index contributed by atoms with van der Waals surface area (Å²) in [5, 5.41) is 0. The summed E-state index contributed by atoms with van der Waals surface area (Å²) in [4.78, 5) is 14.3. The Morgan fingerprint density at radius 3 is 2.83 bits per heavy atom. The maximum Gasteiger partial charge on any atom is 0.227 e. The van der Waals surface area contributed by atoms with Crippen LogP contribution >= 0.6 is 0 Å². The molecule has 1 aromatic rings.